The van der Waals surface area contributed by atoms with Crippen molar-refractivity contribution >= 4 is 40.4 Å². The highest BCUT2D eigenvalue weighted by Gasteiger charge is 2.23. The molecule has 0 bridgehead atoms. The van der Waals surface area contributed by atoms with Crippen LogP contribution in [0, 0.1) is 5.41 Å². The average molecular weight is 448 g/mol. The lowest BCUT2D eigenvalue weighted by Gasteiger charge is -2.22. The van der Waals surface area contributed by atoms with Crippen LogP contribution in [0.5, 0.6) is 0 Å². The Labute approximate surface area is 192 Å². The summed E-state index contributed by atoms with van der Waals surface area (Å²) in [6.45, 7) is 1.21. The quantitative estimate of drug-likeness (QED) is 0.402. The summed E-state index contributed by atoms with van der Waals surface area (Å²) in [5.74, 6) is 0.365. The van der Waals surface area contributed by atoms with Crippen molar-refractivity contribution in [2.24, 2.45) is 5.73 Å². The Morgan fingerprint density at radius 3 is 2.56 bits per heavy atom. The summed E-state index contributed by atoms with van der Waals surface area (Å²) < 4.78 is 0. The zero-order valence-electron chi connectivity index (χ0n) is 17.6. The van der Waals surface area contributed by atoms with E-state index in [0.717, 1.165) is 41.9 Å². The second-order valence-electron chi connectivity index (χ2n) is 7.75. The molecule has 0 aromatic heterocycles. The molecule has 0 aliphatic carbocycles. The molecule has 1 aliphatic rings. The Morgan fingerprint density at radius 2 is 1.88 bits per heavy atom. The number of nitrogens with zero attached hydrogens (tertiary/aromatic N) is 1. The Kier molecular flexibility index (Phi) is 6.73. The standard InChI is InChI=1S/C25H26ClN5O/c26-21-15-20(11-12-22(21)31-13-5-10-23(31)28)30-25(32)24(18-7-2-1-3-8-18)29-19-9-4-6-17(14-19)16-27/h1-4,6-9,11-12,14-15,24,28-29H,5,10,13,16,27H2,(H,30,32)/t24-/m1/s1. The van der Waals surface area contributed by atoms with Crippen LogP contribution in [-0.2, 0) is 11.3 Å². The van der Waals surface area contributed by atoms with Gasteiger partial charge in [0.25, 0.3) is 5.91 Å². The van der Waals surface area contributed by atoms with Gasteiger partial charge in [-0.2, -0.15) is 0 Å². The summed E-state index contributed by atoms with van der Waals surface area (Å²) in [5.41, 5.74) is 9.81. The Hall–Kier alpha value is -3.35. The summed E-state index contributed by atoms with van der Waals surface area (Å²) in [5, 5.41) is 14.9. The van der Waals surface area contributed by atoms with E-state index in [1.165, 1.54) is 0 Å². The Bertz CT molecular complexity index is 1120. The number of carbonyl (C=O) groups is 1. The molecule has 4 rings (SSSR count). The number of hydrogen-bond donors (Lipinski definition) is 4. The van der Waals surface area contributed by atoms with Gasteiger partial charge in [-0.3, -0.25) is 10.2 Å². The molecule has 1 aliphatic heterocycles. The fourth-order valence-electron chi connectivity index (χ4n) is 3.86. The third kappa shape index (κ3) is 4.93. The zero-order chi connectivity index (χ0) is 22.5. The molecule has 0 spiro atoms. The van der Waals surface area contributed by atoms with Crippen LogP contribution in [0.3, 0.4) is 0 Å². The molecule has 3 aromatic rings. The molecule has 5 N–H and O–H groups in total. The fourth-order valence-corrected chi connectivity index (χ4v) is 4.14. The maximum atomic E-state index is 13.3. The highest BCUT2D eigenvalue weighted by atomic mass is 35.5. The van der Waals surface area contributed by atoms with Gasteiger partial charge in [-0.1, -0.05) is 54.1 Å². The third-order valence-electron chi connectivity index (χ3n) is 5.50. The molecule has 1 fully saturated rings. The predicted octanol–water partition coefficient (Wildman–Crippen LogP) is 5.17. The third-order valence-corrected chi connectivity index (χ3v) is 5.80. The lowest BCUT2D eigenvalue weighted by atomic mass is 10.0. The lowest BCUT2D eigenvalue weighted by Crippen LogP contribution is -2.27. The van der Waals surface area contributed by atoms with Crippen LogP contribution in [0.2, 0.25) is 5.02 Å². The van der Waals surface area contributed by atoms with E-state index in [1.807, 2.05) is 71.6 Å². The van der Waals surface area contributed by atoms with Gasteiger partial charge >= 0.3 is 0 Å². The summed E-state index contributed by atoms with van der Waals surface area (Å²) in [6, 6.07) is 22.1. The SMILES string of the molecule is N=C1CCCN1c1ccc(NC(=O)[C@H](Nc2cccc(CN)c2)c2ccccc2)cc1Cl. The number of benzene rings is 3. The van der Waals surface area contributed by atoms with Crippen molar-refractivity contribution in [1.82, 2.24) is 0 Å². The number of rotatable bonds is 7. The van der Waals surface area contributed by atoms with E-state index in [-0.39, 0.29) is 5.91 Å². The van der Waals surface area contributed by atoms with Crippen LogP contribution in [0.1, 0.15) is 30.0 Å². The van der Waals surface area contributed by atoms with Crippen LogP contribution in [0.15, 0.2) is 72.8 Å². The minimum atomic E-state index is -0.602. The Morgan fingerprint density at radius 1 is 1.06 bits per heavy atom. The fraction of sp³-hybridized carbons (Fsp3) is 0.200. The average Bonchev–Trinajstić information content (AvgIpc) is 3.23. The number of nitrogens with one attached hydrogen (secondary N) is 3. The normalized spacial score (nSPS) is 14.3. The molecular weight excluding hydrogens is 422 g/mol. The monoisotopic (exact) mass is 447 g/mol. The molecule has 1 saturated heterocycles. The van der Waals surface area contributed by atoms with Gasteiger partial charge in [0.15, 0.2) is 0 Å². The van der Waals surface area contributed by atoms with E-state index < -0.39 is 6.04 Å². The van der Waals surface area contributed by atoms with Crippen molar-refractivity contribution in [2.75, 3.05) is 22.1 Å². The molecule has 6 nitrogen and oxygen atoms in total. The molecule has 0 radical (unpaired) electrons. The summed E-state index contributed by atoms with van der Waals surface area (Å²) in [7, 11) is 0. The number of halogens is 1. The molecule has 0 saturated carbocycles. The number of hydrogen-bond acceptors (Lipinski definition) is 4. The molecule has 0 unspecified atom stereocenters. The van der Waals surface area contributed by atoms with E-state index in [9.17, 15) is 4.79 Å². The number of anilines is 3. The molecule has 7 heteroatoms. The first-order valence-electron chi connectivity index (χ1n) is 10.6. The van der Waals surface area contributed by atoms with E-state index in [0.29, 0.717) is 23.1 Å². The van der Waals surface area contributed by atoms with Gasteiger partial charge in [-0.15, -0.1) is 0 Å². The van der Waals surface area contributed by atoms with Crippen molar-refractivity contribution in [1.29, 1.82) is 5.41 Å². The van der Waals surface area contributed by atoms with Gasteiger partial charge in [0.05, 0.1) is 10.7 Å². The first-order valence-corrected chi connectivity index (χ1v) is 11.0. The van der Waals surface area contributed by atoms with Gasteiger partial charge < -0.3 is 21.3 Å². The first kappa shape index (κ1) is 21.9. The van der Waals surface area contributed by atoms with Crippen LogP contribution < -0.4 is 21.3 Å². The highest BCUT2D eigenvalue weighted by molar-refractivity contribution is 6.34. The first-order chi connectivity index (χ1) is 15.5. The minimum absolute atomic E-state index is 0.202. The number of amides is 1. The largest absolute Gasteiger partial charge is 0.370 e. The lowest BCUT2D eigenvalue weighted by molar-refractivity contribution is -0.117. The van der Waals surface area contributed by atoms with Crippen LogP contribution in [0.4, 0.5) is 17.1 Å². The maximum Gasteiger partial charge on any atom is 0.251 e. The van der Waals surface area contributed by atoms with Gasteiger partial charge in [-0.25, -0.2) is 0 Å². The van der Waals surface area contributed by atoms with E-state index in [2.05, 4.69) is 10.6 Å². The van der Waals surface area contributed by atoms with Crippen molar-refractivity contribution in [2.45, 2.75) is 25.4 Å². The van der Waals surface area contributed by atoms with Crippen LogP contribution in [0.25, 0.3) is 0 Å². The van der Waals surface area contributed by atoms with Crippen molar-refractivity contribution in [3.63, 3.8) is 0 Å². The van der Waals surface area contributed by atoms with Gasteiger partial charge in [-0.05, 0) is 47.9 Å². The minimum Gasteiger partial charge on any atom is -0.370 e. The summed E-state index contributed by atoms with van der Waals surface area (Å²) in [6.07, 6.45) is 1.70. The van der Waals surface area contributed by atoms with E-state index in [1.54, 1.807) is 6.07 Å². The van der Waals surface area contributed by atoms with Gasteiger partial charge in [0, 0.05) is 30.9 Å². The Balaban J connectivity index is 1.56. The predicted molar refractivity (Wildman–Crippen MR) is 132 cm³/mol. The second kappa shape index (κ2) is 9.85. The highest BCUT2D eigenvalue weighted by Crippen LogP contribution is 2.32. The zero-order valence-corrected chi connectivity index (χ0v) is 18.4. The molecule has 164 valence electrons. The number of carbonyl (C=O) groups excluding carboxylic acids is 1. The molecular formula is C25H26ClN5O. The molecule has 1 atom stereocenters. The van der Waals surface area contributed by atoms with Crippen LogP contribution >= 0.6 is 11.6 Å². The smallest absolute Gasteiger partial charge is 0.251 e. The van der Waals surface area contributed by atoms with E-state index >= 15 is 0 Å². The van der Waals surface area contributed by atoms with Crippen LogP contribution in [-0.4, -0.2) is 18.3 Å². The van der Waals surface area contributed by atoms with Gasteiger partial charge in [0.2, 0.25) is 0 Å². The van der Waals surface area contributed by atoms with Crippen molar-refractivity contribution < 1.29 is 4.79 Å². The van der Waals surface area contributed by atoms with Crippen molar-refractivity contribution in [3.05, 3.63) is 88.9 Å². The topological polar surface area (TPSA) is 94.2 Å². The molecule has 32 heavy (non-hydrogen) atoms. The maximum absolute atomic E-state index is 13.3. The second-order valence-corrected chi connectivity index (χ2v) is 8.16. The number of amidine groups is 1. The molecule has 1 heterocycles. The summed E-state index contributed by atoms with van der Waals surface area (Å²) in [4.78, 5) is 15.2. The molecule has 3 aromatic carbocycles. The van der Waals surface area contributed by atoms with E-state index in [4.69, 9.17) is 22.7 Å². The number of nitrogens with two attached hydrogens (primary N) is 1. The van der Waals surface area contributed by atoms with Gasteiger partial charge in [0.1, 0.15) is 11.9 Å². The van der Waals surface area contributed by atoms with Crippen molar-refractivity contribution in [3.8, 4) is 0 Å². The molecule has 1 amide bonds. The summed E-state index contributed by atoms with van der Waals surface area (Å²) >= 11 is 6.50.